The molecule has 0 aliphatic heterocycles. The lowest BCUT2D eigenvalue weighted by Crippen LogP contribution is -2.05. The number of anilines is 1. The molecule has 67 valence electrons. The minimum Gasteiger partial charge on any atom is -0.398 e. The van der Waals surface area contributed by atoms with E-state index in [0.717, 1.165) is 0 Å². The van der Waals surface area contributed by atoms with Crippen molar-refractivity contribution >= 4 is 18.3 Å². The molecule has 1 rings (SSSR count). The molecule has 0 aliphatic carbocycles. The van der Waals surface area contributed by atoms with Gasteiger partial charge in [0, 0.05) is 16.8 Å². The average molecular weight is 178 g/mol. The molecule has 1 atom stereocenters. The highest BCUT2D eigenvalue weighted by Gasteiger charge is 2.13. The first-order chi connectivity index (χ1) is 6.20. The van der Waals surface area contributed by atoms with E-state index in [9.17, 15) is 9.59 Å². The predicted molar refractivity (Wildman–Crippen MR) is 46.9 cm³/mol. The molecule has 1 aromatic carbocycles. The zero-order valence-electron chi connectivity index (χ0n) is 6.73. The standard InChI is InChI=1S/C9H8NO3/c10-8-3-1-2-6(7(8)4-11)9(13)5-12/h1-4,9,13H,10H2. The van der Waals surface area contributed by atoms with Crippen LogP contribution in [0.5, 0.6) is 0 Å². The predicted octanol–water partition coefficient (Wildman–Crippen LogP) is 0.224. The number of hydrogen-bond acceptors (Lipinski definition) is 4. The van der Waals surface area contributed by atoms with Crippen LogP contribution in [0.4, 0.5) is 5.69 Å². The summed E-state index contributed by atoms with van der Waals surface area (Å²) in [6.45, 7) is 0. The van der Waals surface area contributed by atoms with Gasteiger partial charge < -0.3 is 10.8 Å². The van der Waals surface area contributed by atoms with Crippen LogP contribution in [0.15, 0.2) is 18.2 Å². The Kier molecular flexibility index (Phi) is 2.76. The summed E-state index contributed by atoms with van der Waals surface area (Å²) in [5, 5.41) is 9.13. The normalized spacial score (nSPS) is 12.1. The van der Waals surface area contributed by atoms with Gasteiger partial charge in [0.15, 0.2) is 6.29 Å². The second-order valence-corrected chi connectivity index (χ2v) is 2.49. The van der Waals surface area contributed by atoms with Crippen LogP contribution in [0.1, 0.15) is 22.0 Å². The number of benzene rings is 1. The number of nitrogens with two attached hydrogens (primary N) is 1. The van der Waals surface area contributed by atoms with Crippen LogP contribution in [-0.4, -0.2) is 17.7 Å². The SMILES string of the molecule is Nc1cccc(C(O)[C]=O)c1C=O. The molecule has 0 saturated carbocycles. The van der Waals surface area contributed by atoms with E-state index in [4.69, 9.17) is 10.8 Å². The number of rotatable bonds is 3. The summed E-state index contributed by atoms with van der Waals surface area (Å²) >= 11 is 0. The van der Waals surface area contributed by atoms with Gasteiger partial charge in [-0.15, -0.1) is 0 Å². The van der Waals surface area contributed by atoms with Crippen LogP contribution in [0.25, 0.3) is 0 Å². The molecule has 0 amide bonds. The summed E-state index contributed by atoms with van der Waals surface area (Å²) in [6, 6.07) is 4.53. The van der Waals surface area contributed by atoms with Crippen molar-refractivity contribution in [3.05, 3.63) is 29.3 Å². The van der Waals surface area contributed by atoms with E-state index >= 15 is 0 Å². The van der Waals surface area contributed by atoms with Crippen molar-refractivity contribution < 1.29 is 14.7 Å². The van der Waals surface area contributed by atoms with Crippen LogP contribution in [0, 0.1) is 0 Å². The van der Waals surface area contributed by atoms with Gasteiger partial charge in [-0.25, -0.2) is 0 Å². The summed E-state index contributed by atoms with van der Waals surface area (Å²) in [5.41, 5.74) is 6.01. The van der Waals surface area contributed by atoms with E-state index in [1.165, 1.54) is 18.4 Å². The Balaban J connectivity index is 3.27. The molecule has 0 aromatic heterocycles. The van der Waals surface area contributed by atoms with Crippen molar-refractivity contribution in [3.63, 3.8) is 0 Å². The first-order valence-electron chi connectivity index (χ1n) is 3.60. The molecule has 0 spiro atoms. The van der Waals surface area contributed by atoms with Gasteiger partial charge in [-0.1, -0.05) is 12.1 Å². The molecule has 13 heavy (non-hydrogen) atoms. The second kappa shape index (κ2) is 3.82. The number of aliphatic hydroxyl groups is 1. The minimum absolute atomic E-state index is 0.137. The van der Waals surface area contributed by atoms with Gasteiger partial charge in [-0.2, -0.15) is 0 Å². The molecule has 4 heteroatoms. The van der Waals surface area contributed by atoms with Crippen molar-refractivity contribution in [2.24, 2.45) is 0 Å². The van der Waals surface area contributed by atoms with E-state index in [0.29, 0.717) is 6.29 Å². The van der Waals surface area contributed by atoms with Crippen molar-refractivity contribution in [1.82, 2.24) is 0 Å². The second-order valence-electron chi connectivity index (χ2n) is 2.49. The molecule has 0 saturated heterocycles. The molecule has 0 bridgehead atoms. The Morgan fingerprint density at radius 3 is 2.77 bits per heavy atom. The third-order valence-electron chi connectivity index (χ3n) is 1.70. The van der Waals surface area contributed by atoms with Gasteiger partial charge in [-0.3, -0.25) is 9.59 Å². The highest BCUT2D eigenvalue weighted by Crippen LogP contribution is 2.20. The Morgan fingerprint density at radius 2 is 2.23 bits per heavy atom. The van der Waals surface area contributed by atoms with Gasteiger partial charge >= 0.3 is 0 Å². The third-order valence-corrected chi connectivity index (χ3v) is 1.70. The van der Waals surface area contributed by atoms with Gasteiger partial charge in [-0.05, 0) is 6.07 Å². The van der Waals surface area contributed by atoms with Crippen molar-refractivity contribution in [3.8, 4) is 0 Å². The van der Waals surface area contributed by atoms with Gasteiger partial charge in [0.1, 0.15) is 6.10 Å². The van der Waals surface area contributed by atoms with Crippen LogP contribution < -0.4 is 5.73 Å². The van der Waals surface area contributed by atoms with Crippen molar-refractivity contribution in [2.45, 2.75) is 6.10 Å². The van der Waals surface area contributed by atoms with Crippen LogP contribution >= 0.6 is 0 Å². The van der Waals surface area contributed by atoms with Gasteiger partial charge in [0.2, 0.25) is 6.29 Å². The molecule has 3 N–H and O–H groups in total. The van der Waals surface area contributed by atoms with E-state index in [-0.39, 0.29) is 16.8 Å². The smallest absolute Gasteiger partial charge is 0.234 e. The fourth-order valence-corrected chi connectivity index (χ4v) is 1.04. The Bertz CT molecular complexity index is 336. The summed E-state index contributed by atoms with van der Waals surface area (Å²) in [6.07, 6.45) is 0.466. The number of hydrogen-bond donors (Lipinski definition) is 2. The fourth-order valence-electron chi connectivity index (χ4n) is 1.04. The summed E-state index contributed by atoms with van der Waals surface area (Å²) in [4.78, 5) is 20.7. The topological polar surface area (TPSA) is 80.4 Å². The molecule has 0 aliphatic rings. The van der Waals surface area contributed by atoms with Crippen LogP contribution in [-0.2, 0) is 4.79 Å². The number of nitrogen functional groups attached to an aromatic ring is 1. The largest absolute Gasteiger partial charge is 0.398 e. The van der Waals surface area contributed by atoms with E-state index in [1.54, 1.807) is 6.07 Å². The minimum atomic E-state index is -1.41. The summed E-state index contributed by atoms with van der Waals surface area (Å²) in [7, 11) is 0. The maximum absolute atomic E-state index is 10.5. The first kappa shape index (κ1) is 9.41. The van der Waals surface area contributed by atoms with Gasteiger partial charge in [0.25, 0.3) is 0 Å². The monoisotopic (exact) mass is 178 g/mol. The zero-order chi connectivity index (χ0) is 9.84. The molecule has 1 aromatic rings. The maximum atomic E-state index is 10.5. The number of carbonyl (C=O) groups is 1. The lowest BCUT2D eigenvalue weighted by atomic mass is 10.0. The van der Waals surface area contributed by atoms with E-state index in [1.807, 2.05) is 0 Å². The molecule has 1 radical (unpaired) electrons. The van der Waals surface area contributed by atoms with Crippen molar-refractivity contribution in [1.29, 1.82) is 0 Å². The molecule has 1 unspecified atom stereocenters. The molecular weight excluding hydrogens is 170 g/mol. The maximum Gasteiger partial charge on any atom is 0.234 e. The quantitative estimate of drug-likeness (QED) is 0.512. The lowest BCUT2D eigenvalue weighted by molar-refractivity contribution is 0.112. The van der Waals surface area contributed by atoms with Crippen LogP contribution in [0.3, 0.4) is 0 Å². The third kappa shape index (κ3) is 1.73. The highest BCUT2D eigenvalue weighted by molar-refractivity contribution is 5.87. The Labute approximate surface area is 75.0 Å². The highest BCUT2D eigenvalue weighted by atomic mass is 16.3. The number of aldehydes is 1. The van der Waals surface area contributed by atoms with E-state index in [2.05, 4.69) is 0 Å². The molecule has 0 heterocycles. The molecule has 4 nitrogen and oxygen atoms in total. The van der Waals surface area contributed by atoms with Crippen LogP contribution in [0.2, 0.25) is 0 Å². The fraction of sp³-hybridized carbons (Fsp3) is 0.111. The molecule has 0 fully saturated rings. The number of aliphatic hydroxyl groups excluding tert-OH is 1. The van der Waals surface area contributed by atoms with Gasteiger partial charge in [0.05, 0.1) is 0 Å². The lowest BCUT2D eigenvalue weighted by Gasteiger charge is -2.07. The summed E-state index contributed by atoms with van der Waals surface area (Å²) in [5.74, 6) is 0. The number of carbonyl (C=O) groups excluding carboxylic acids is 2. The summed E-state index contributed by atoms with van der Waals surface area (Å²) < 4.78 is 0. The Hall–Kier alpha value is -1.68. The van der Waals surface area contributed by atoms with Crippen molar-refractivity contribution in [2.75, 3.05) is 5.73 Å². The Morgan fingerprint density at radius 1 is 1.54 bits per heavy atom. The zero-order valence-corrected chi connectivity index (χ0v) is 6.73. The molecular formula is C9H8NO3. The van der Waals surface area contributed by atoms with E-state index < -0.39 is 6.10 Å². The average Bonchev–Trinajstić information content (AvgIpc) is 2.16. The first-order valence-corrected chi connectivity index (χ1v) is 3.60.